The highest BCUT2D eigenvalue weighted by Crippen LogP contribution is 2.27. The van der Waals surface area contributed by atoms with Crippen molar-refractivity contribution in [2.75, 3.05) is 0 Å². The zero-order chi connectivity index (χ0) is 11.8. The van der Waals surface area contributed by atoms with E-state index in [1.165, 1.54) is 6.92 Å². The van der Waals surface area contributed by atoms with Gasteiger partial charge in [0, 0.05) is 9.13 Å². The molecule has 0 aliphatic heterocycles. The monoisotopic (exact) mass is 348 g/mol. The lowest BCUT2D eigenvalue weighted by molar-refractivity contribution is 0.150. The third-order valence-corrected chi connectivity index (χ3v) is 3.85. The maximum atomic E-state index is 12.5. The molecule has 1 aromatic heterocycles. The molecule has 8 heteroatoms. The van der Waals surface area contributed by atoms with Crippen molar-refractivity contribution in [2.24, 2.45) is 5.14 Å². The molecule has 0 aliphatic carbocycles. The maximum Gasteiger partial charge on any atom is 0.265 e. The summed E-state index contributed by atoms with van der Waals surface area (Å²) < 4.78 is 47.1. The number of aromatic nitrogens is 1. The number of rotatable bonds is 2. The molecule has 84 valence electrons. The SMILES string of the molecule is Cc1nc(S(N)(=O)=O)cc(C(F)F)c1I. The lowest BCUT2D eigenvalue weighted by Crippen LogP contribution is -2.15. The van der Waals surface area contributed by atoms with E-state index in [1.807, 2.05) is 0 Å². The van der Waals surface area contributed by atoms with Crippen molar-refractivity contribution < 1.29 is 17.2 Å². The third kappa shape index (κ3) is 2.82. The second kappa shape index (κ2) is 4.26. The van der Waals surface area contributed by atoms with Gasteiger partial charge in [-0.25, -0.2) is 27.3 Å². The molecule has 0 saturated carbocycles. The van der Waals surface area contributed by atoms with E-state index in [4.69, 9.17) is 5.14 Å². The van der Waals surface area contributed by atoms with Crippen LogP contribution in [0.5, 0.6) is 0 Å². The molecule has 0 unspecified atom stereocenters. The fourth-order valence-corrected chi connectivity index (χ4v) is 2.02. The molecule has 15 heavy (non-hydrogen) atoms. The predicted molar refractivity (Wildman–Crippen MR) is 58.0 cm³/mol. The quantitative estimate of drug-likeness (QED) is 0.825. The third-order valence-electron chi connectivity index (χ3n) is 1.65. The predicted octanol–water partition coefficient (Wildman–Crippen LogP) is 1.58. The highest BCUT2D eigenvalue weighted by atomic mass is 127. The summed E-state index contributed by atoms with van der Waals surface area (Å²) >= 11 is 1.69. The van der Waals surface area contributed by atoms with Crippen molar-refractivity contribution in [3.63, 3.8) is 0 Å². The molecule has 0 bridgehead atoms. The summed E-state index contributed by atoms with van der Waals surface area (Å²) in [5.74, 6) is 0. The number of alkyl halides is 2. The van der Waals surface area contributed by atoms with Crippen LogP contribution in [-0.2, 0) is 10.0 Å². The van der Waals surface area contributed by atoms with Crippen molar-refractivity contribution >= 4 is 32.6 Å². The first-order valence-electron chi connectivity index (χ1n) is 3.71. The van der Waals surface area contributed by atoms with Crippen LogP contribution in [0.15, 0.2) is 11.1 Å². The average Bonchev–Trinajstić information content (AvgIpc) is 2.06. The second-order valence-corrected chi connectivity index (χ2v) is 5.38. The number of nitrogens with zero attached hydrogens (tertiary/aromatic N) is 1. The Morgan fingerprint density at radius 1 is 1.53 bits per heavy atom. The second-order valence-electron chi connectivity index (χ2n) is 2.79. The molecule has 1 aromatic rings. The molecule has 1 rings (SSSR count). The van der Waals surface area contributed by atoms with Crippen molar-refractivity contribution in [3.05, 3.63) is 20.9 Å². The van der Waals surface area contributed by atoms with E-state index >= 15 is 0 Å². The van der Waals surface area contributed by atoms with Gasteiger partial charge in [-0.15, -0.1) is 0 Å². The number of pyridine rings is 1. The number of sulfonamides is 1. The van der Waals surface area contributed by atoms with Gasteiger partial charge in [0.15, 0.2) is 5.03 Å². The van der Waals surface area contributed by atoms with Gasteiger partial charge in [-0.3, -0.25) is 0 Å². The molecular weight excluding hydrogens is 341 g/mol. The van der Waals surface area contributed by atoms with Gasteiger partial charge in [-0.2, -0.15) is 0 Å². The van der Waals surface area contributed by atoms with E-state index < -0.39 is 21.5 Å². The lowest BCUT2D eigenvalue weighted by atomic mass is 10.2. The van der Waals surface area contributed by atoms with Crippen molar-refractivity contribution in [1.82, 2.24) is 4.98 Å². The smallest absolute Gasteiger partial charge is 0.239 e. The number of hydrogen-bond acceptors (Lipinski definition) is 3. The molecule has 2 N–H and O–H groups in total. The van der Waals surface area contributed by atoms with Crippen molar-refractivity contribution in [2.45, 2.75) is 18.4 Å². The highest BCUT2D eigenvalue weighted by Gasteiger charge is 2.19. The van der Waals surface area contributed by atoms with Crippen LogP contribution in [0.1, 0.15) is 17.7 Å². The van der Waals surface area contributed by atoms with Gasteiger partial charge in [0.25, 0.3) is 16.4 Å². The van der Waals surface area contributed by atoms with Crippen LogP contribution in [-0.4, -0.2) is 13.4 Å². The molecular formula is C7H7F2IN2O2S. The number of primary sulfonamides is 1. The average molecular weight is 348 g/mol. The standard InChI is InChI=1S/C7H7F2IN2O2S/c1-3-6(10)4(7(8)9)2-5(12-3)15(11,13)14/h2,7H,1H3,(H2,11,13,14). The van der Waals surface area contributed by atoms with Crippen LogP contribution in [0.25, 0.3) is 0 Å². The molecule has 0 radical (unpaired) electrons. The summed E-state index contributed by atoms with van der Waals surface area (Å²) in [5, 5.41) is 4.28. The number of aryl methyl sites for hydroxylation is 1. The van der Waals surface area contributed by atoms with E-state index in [0.29, 0.717) is 0 Å². The molecule has 0 saturated heterocycles. The maximum absolute atomic E-state index is 12.5. The Balaban J connectivity index is 3.50. The van der Waals surface area contributed by atoms with Gasteiger partial charge in [-0.1, -0.05) is 0 Å². The Morgan fingerprint density at radius 3 is 2.47 bits per heavy atom. The van der Waals surface area contributed by atoms with Crippen LogP contribution >= 0.6 is 22.6 Å². The number of hydrogen-bond donors (Lipinski definition) is 1. The van der Waals surface area contributed by atoms with Crippen LogP contribution < -0.4 is 5.14 Å². The Kier molecular flexibility index (Phi) is 3.61. The van der Waals surface area contributed by atoms with E-state index in [-0.39, 0.29) is 14.8 Å². The van der Waals surface area contributed by atoms with Crippen LogP contribution in [0.2, 0.25) is 0 Å². The molecule has 0 aromatic carbocycles. The molecule has 0 aliphatic rings. The first-order chi connectivity index (χ1) is 6.73. The van der Waals surface area contributed by atoms with Gasteiger partial charge in [-0.05, 0) is 35.6 Å². The Hall–Kier alpha value is -0.350. The van der Waals surface area contributed by atoms with Crippen LogP contribution in [0, 0.1) is 10.5 Å². The fraction of sp³-hybridized carbons (Fsp3) is 0.286. The summed E-state index contributed by atoms with van der Waals surface area (Å²) in [6.07, 6.45) is -2.75. The van der Waals surface area contributed by atoms with Gasteiger partial charge < -0.3 is 0 Å². The van der Waals surface area contributed by atoms with Gasteiger partial charge in [0.2, 0.25) is 0 Å². The molecule has 1 heterocycles. The minimum Gasteiger partial charge on any atom is -0.239 e. The van der Waals surface area contributed by atoms with Crippen LogP contribution in [0.3, 0.4) is 0 Å². The van der Waals surface area contributed by atoms with Gasteiger partial charge >= 0.3 is 0 Å². The summed E-state index contributed by atoms with van der Waals surface area (Å²) in [5.41, 5.74) is -0.149. The van der Waals surface area contributed by atoms with E-state index in [1.54, 1.807) is 22.6 Å². The molecule has 0 fully saturated rings. The fourth-order valence-electron chi connectivity index (χ4n) is 0.956. The topological polar surface area (TPSA) is 73.0 Å². The summed E-state index contributed by atoms with van der Waals surface area (Å²) in [6.45, 7) is 1.45. The van der Waals surface area contributed by atoms with Gasteiger partial charge in [0.05, 0.1) is 5.69 Å². The molecule has 0 amide bonds. The number of halogens is 3. The van der Waals surface area contributed by atoms with E-state index in [0.717, 1.165) is 6.07 Å². The minimum absolute atomic E-state index is 0.220. The van der Waals surface area contributed by atoms with Crippen molar-refractivity contribution in [1.29, 1.82) is 0 Å². The highest BCUT2D eigenvalue weighted by molar-refractivity contribution is 14.1. The lowest BCUT2D eigenvalue weighted by Gasteiger charge is -2.07. The summed E-state index contributed by atoms with van der Waals surface area (Å²) in [6, 6.07) is 0.800. The minimum atomic E-state index is -4.05. The largest absolute Gasteiger partial charge is 0.265 e. The Bertz CT molecular complexity index is 490. The zero-order valence-corrected chi connectivity index (χ0v) is 10.5. The first-order valence-corrected chi connectivity index (χ1v) is 6.34. The summed E-state index contributed by atoms with van der Waals surface area (Å²) in [4.78, 5) is 3.63. The van der Waals surface area contributed by atoms with Gasteiger partial charge in [0.1, 0.15) is 0 Å². The zero-order valence-electron chi connectivity index (χ0n) is 7.54. The van der Waals surface area contributed by atoms with E-state index in [2.05, 4.69) is 4.98 Å². The molecule has 4 nitrogen and oxygen atoms in total. The Morgan fingerprint density at radius 2 is 2.07 bits per heavy atom. The van der Waals surface area contributed by atoms with E-state index in [9.17, 15) is 17.2 Å². The first kappa shape index (κ1) is 12.7. The van der Waals surface area contributed by atoms with Crippen molar-refractivity contribution in [3.8, 4) is 0 Å². The summed E-state index contributed by atoms with van der Waals surface area (Å²) in [7, 11) is -4.05. The number of nitrogens with two attached hydrogens (primary N) is 1. The normalized spacial score (nSPS) is 12.1. The molecule has 0 atom stereocenters. The Labute approximate surface area is 99.1 Å². The molecule has 0 spiro atoms. The van der Waals surface area contributed by atoms with Crippen LogP contribution in [0.4, 0.5) is 8.78 Å².